The zero-order chi connectivity index (χ0) is 19.3. The van der Waals surface area contributed by atoms with Crippen molar-refractivity contribution in [2.75, 3.05) is 0 Å². The van der Waals surface area contributed by atoms with Crippen molar-refractivity contribution in [1.29, 1.82) is 0 Å². The zero-order valence-corrected chi connectivity index (χ0v) is 15.5. The third-order valence-electron chi connectivity index (χ3n) is 4.55. The summed E-state index contributed by atoms with van der Waals surface area (Å²) in [6.07, 6.45) is 0. The molecule has 0 spiro atoms. The minimum Gasteiger partial charge on any atom is -0.267 e. The first-order chi connectivity index (χ1) is 13.7. The van der Waals surface area contributed by atoms with E-state index in [0.29, 0.717) is 5.56 Å². The molecule has 136 valence electrons. The van der Waals surface area contributed by atoms with Crippen LogP contribution < -0.4 is 5.43 Å². The summed E-state index contributed by atoms with van der Waals surface area (Å²) < 4.78 is 0. The van der Waals surface area contributed by atoms with Crippen molar-refractivity contribution in [3.63, 3.8) is 0 Å². The lowest BCUT2D eigenvalue weighted by Crippen LogP contribution is -2.20. The third-order valence-corrected chi connectivity index (χ3v) is 4.55. The van der Waals surface area contributed by atoms with Gasteiger partial charge in [0, 0.05) is 10.9 Å². The van der Waals surface area contributed by atoms with Gasteiger partial charge in [-0.2, -0.15) is 5.10 Å². The first-order valence-corrected chi connectivity index (χ1v) is 9.07. The molecule has 1 aromatic heterocycles. The van der Waals surface area contributed by atoms with Crippen molar-refractivity contribution in [3.8, 4) is 11.3 Å². The summed E-state index contributed by atoms with van der Waals surface area (Å²) in [5.74, 6) is -0.258. The molecule has 0 aliphatic carbocycles. The second kappa shape index (κ2) is 7.84. The van der Waals surface area contributed by atoms with Crippen LogP contribution in [0.1, 0.15) is 22.8 Å². The van der Waals surface area contributed by atoms with E-state index >= 15 is 0 Å². The van der Waals surface area contributed by atoms with Gasteiger partial charge in [0.1, 0.15) is 0 Å². The predicted octanol–water partition coefficient (Wildman–Crippen LogP) is 5.06. The molecule has 1 N–H and O–H groups in total. The Hall–Kier alpha value is -3.79. The van der Waals surface area contributed by atoms with Gasteiger partial charge in [0.2, 0.25) is 0 Å². The van der Waals surface area contributed by atoms with Crippen LogP contribution in [0.5, 0.6) is 0 Å². The summed E-state index contributed by atoms with van der Waals surface area (Å²) in [4.78, 5) is 17.6. The smallest absolute Gasteiger partial charge is 0.267 e. The molecule has 28 heavy (non-hydrogen) atoms. The van der Waals surface area contributed by atoms with Crippen LogP contribution in [0.3, 0.4) is 0 Å². The molecule has 4 heteroatoms. The number of nitrogens with one attached hydrogen (secondary N) is 1. The molecule has 1 heterocycles. The van der Waals surface area contributed by atoms with Crippen molar-refractivity contribution in [2.24, 2.45) is 5.10 Å². The van der Waals surface area contributed by atoms with E-state index in [4.69, 9.17) is 4.98 Å². The first kappa shape index (κ1) is 17.6. The highest BCUT2D eigenvalue weighted by Crippen LogP contribution is 2.24. The monoisotopic (exact) mass is 365 g/mol. The van der Waals surface area contributed by atoms with E-state index in [9.17, 15) is 4.79 Å². The van der Waals surface area contributed by atoms with Gasteiger partial charge < -0.3 is 0 Å². The second-order valence-corrected chi connectivity index (χ2v) is 6.44. The summed E-state index contributed by atoms with van der Waals surface area (Å²) >= 11 is 0. The number of fused-ring (bicyclic) bond motifs is 1. The van der Waals surface area contributed by atoms with Gasteiger partial charge in [-0.25, -0.2) is 10.4 Å². The van der Waals surface area contributed by atoms with Crippen LogP contribution in [-0.2, 0) is 0 Å². The number of hydrazone groups is 1. The molecule has 0 aliphatic rings. The van der Waals surface area contributed by atoms with Gasteiger partial charge in [-0.3, -0.25) is 4.79 Å². The number of pyridine rings is 1. The average molecular weight is 365 g/mol. The van der Waals surface area contributed by atoms with E-state index in [1.54, 1.807) is 0 Å². The minimum atomic E-state index is -0.258. The van der Waals surface area contributed by atoms with E-state index < -0.39 is 0 Å². The molecule has 3 aromatic carbocycles. The van der Waals surface area contributed by atoms with Crippen molar-refractivity contribution in [2.45, 2.75) is 6.92 Å². The summed E-state index contributed by atoms with van der Waals surface area (Å²) in [7, 11) is 0. The van der Waals surface area contributed by atoms with Crippen molar-refractivity contribution >= 4 is 22.5 Å². The van der Waals surface area contributed by atoms with Gasteiger partial charge in [0.05, 0.1) is 22.5 Å². The molecular weight excluding hydrogens is 346 g/mol. The highest BCUT2D eigenvalue weighted by molar-refractivity contribution is 6.08. The van der Waals surface area contributed by atoms with Crippen LogP contribution in [0, 0.1) is 0 Å². The maximum atomic E-state index is 12.9. The van der Waals surface area contributed by atoms with Crippen LogP contribution >= 0.6 is 0 Å². The number of benzene rings is 3. The number of amides is 1. The summed E-state index contributed by atoms with van der Waals surface area (Å²) in [5.41, 5.74) is 7.45. The Balaban J connectivity index is 1.72. The number of para-hydroxylation sites is 1. The molecule has 0 unspecified atom stereocenters. The van der Waals surface area contributed by atoms with E-state index in [1.807, 2.05) is 97.9 Å². The van der Waals surface area contributed by atoms with Gasteiger partial charge >= 0.3 is 0 Å². The topological polar surface area (TPSA) is 54.4 Å². The Morgan fingerprint density at radius 3 is 2.25 bits per heavy atom. The van der Waals surface area contributed by atoms with Crippen molar-refractivity contribution in [3.05, 3.63) is 102 Å². The molecule has 0 saturated heterocycles. The van der Waals surface area contributed by atoms with Crippen LogP contribution in [0.4, 0.5) is 0 Å². The SMILES string of the molecule is CC(=NNC(=O)c1cc(-c2ccccc2)nc2ccccc12)c1ccccc1. The maximum absolute atomic E-state index is 12.9. The molecule has 0 radical (unpaired) electrons. The Labute approximate surface area is 163 Å². The first-order valence-electron chi connectivity index (χ1n) is 9.07. The summed E-state index contributed by atoms with van der Waals surface area (Å²) in [6.45, 7) is 1.87. The number of hydrogen-bond acceptors (Lipinski definition) is 3. The normalized spacial score (nSPS) is 11.4. The fraction of sp³-hybridized carbons (Fsp3) is 0.0417. The quantitative estimate of drug-likeness (QED) is 0.406. The van der Waals surface area contributed by atoms with E-state index in [1.165, 1.54) is 0 Å². The number of carbonyl (C=O) groups excluding carboxylic acids is 1. The van der Waals surface area contributed by atoms with Crippen LogP contribution in [0.15, 0.2) is 96.1 Å². The van der Waals surface area contributed by atoms with Gasteiger partial charge in [0.25, 0.3) is 5.91 Å². The number of hydrogen-bond donors (Lipinski definition) is 1. The number of carbonyl (C=O) groups is 1. The average Bonchev–Trinajstić information content (AvgIpc) is 2.77. The van der Waals surface area contributed by atoms with Gasteiger partial charge in [-0.05, 0) is 24.6 Å². The Morgan fingerprint density at radius 2 is 1.50 bits per heavy atom. The molecule has 0 atom stereocenters. The molecule has 0 saturated carbocycles. The Morgan fingerprint density at radius 1 is 0.857 bits per heavy atom. The number of nitrogens with zero attached hydrogens (tertiary/aromatic N) is 2. The van der Waals surface area contributed by atoms with Crippen molar-refractivity contribution in [1.82, 2.24) is 10.4 Å². The zero-order valence-electron chi connectivity index (χ0n) is 15.5. The van der Waals surface area contributed by atoms with E-state index in [-0.39, 0.29) is 5.91 Å². The predicted molar refractivity (Wildman–Crippen MR) is 113 cm³/mol. The van der Waals surface area contributed by atoms with Crippen LogP contribution in [-0.4, -0.2) is 16.6 Å². The largest absolute Gasteiger partial charge is 0.272 e. The van der Waals surface area contributed by atoms with E-state index in [2.05, 4.69) is 10.5 Å². The van der Waals surface area contributed by atoms with Gasteiger partial charge in [0.15, 0.2) is 0 Å². The standard InChI is InChI=1S/C24H19N3O/c1-17(18-10-4-2-5-11-18)26-27-24(28)21-16-23(19-12-6-3-7-13-19)25-22-15-9-8-14-20(21)22/h2-16H,1H3,(H,27,28). The van der Waals surface area contributed by atoms with E-state index in [0.717, 1.165) is 33.4 Å². The van der Waals surface area contributed by atoms with Crippen molar-refractivity contribution < 1.29 is 4.79 Å². The fourth-order valence-electron chi connectivity index (χ4n) is 3.06. The lowest BCUT2D eigenvalue weighted by atomic mass is 10.0. The highest BCUT2D eigenvalue weighted by Gasteiger charge is 2.13. The molecule has 0 aliphatic heterocycles. The summed E-state index contributed by atoms with van der Waals surface area (Å²) in [5, 5.41) is 5.08. The molecule has 0 fully saturated rings. The maximum Gasteiger partial charge on any atom is 0.272 e. The second-order valence-electron chi connectivity index (χ2n) is 6.44. The molecule has 4 aromatic rings. The molecular formula is C24H19N3O. The molecule has 4 nitrogen and oxygen atoms in total. The molecule has 4 rings (SSSR count). The third kappa shape index (κ3) is 3.67. The fourth-order valence-corrected chi connectivity index (χ4v) is 3.06. The number of aromatic nitrogens is 1. The minimum absolute atomic E-state index is 0.258. The van der Waals surface area contributed by atoms with Gasteiger partial charge in [-0.15, -0.1) is 0 Å². The van der Waals surface area contributed by atoms with Gasteiger partial charge in [-0.1, -0.05) is 78.9 Å². The highest BCUT2D eigenvalue weighted by atomic mass is 16.2. The van der Waals surface area contributed by atoms with Crippen LogP contribution in [0.25, 0.3) is 22.2 Å². The van der Waals surface area contributed by atoms with Crippen LogP contribution in [0.2, 0.25) is 0 Å². The Bertz CT molecular complexity index is 1150. The lowest BCUT2D eigenvalue weighted by Gasteiger charge is -2.09. The Kier molecular flexibility index (Phi) is 4.93. The molecule has 0 bridgehead atoms. The molecule has 1 amide bonds. The number of rotatable bonds is 4. The lowest BCUT2D eigenvalue weighted by molar-refractivity contribution is 0.0956. The summed E-state index contributed by atoms with van der Waals surface area (Å²) in [6, 6.07) is 29.1.